The second-order valence-corrected chi connectivity index (χ2v) is 14.5. The number of allylic oxidation sites excluding steroid dienone is 1. The fraction of sp³-hybridized carbons (Fsp3) is 0.469. The molecule has 1 aliphatic carbocycles. The number of ether oxygens (including phenoxy) is 1. The monoisotopic (exact) mass is 597 g/mol. The van der Waals surface area contributed by atoms with Crippen LogP contribution >= 0.6 is 11.6 Å². The van der Waals surface area contributed by atoms with Crippen LogP contribution in [0.25, 0.3) is 0 Å². The summed E-state index contributed by atoms with van der Waals surface area (Å²) in [4.78, 5) is 30.7. The van der Waals surface area contributed by atoms with Crippen LogP contribution in [0.1, 0.15) is 61.1 Å². The van der Waals surface area contributed by atoms with Crippen LogP contribution in [0, 0.1) is 0 Å². The number of hydrogen-bond acceptors (Lipinski definition) is 5. The van der Waals surface area contributed by atoms with E-state index in [0.29, 0.717) is 18.7 Å². The summed E-state index contributed by atoms with van der Waals surface area (Å²) >= 11 is 6.38. The Labute approximate surface area is 249 Å². The van der Waals surface area contributed by atoms with Gasteiger partial charge in [0, 0.05) is 59.5 Å². The molecule has 0 saturated heterocycles. The van der Waals surface area contributed by atoms with Crippen molar-refractivity contribution in [2.45, 2.75) is 56.3 Å². The van der Waals surface area contributed by atoms with Crippen molar-refractivity contribution in [2.24, 2.45) is 0 Å². The van der Waals surface area contributed by atoms with Gasteiger partial charge in [-0.15, -0.1) is 0 Å². The van der Waals surface area contributed by atoms with Gasteiger partial charge in [0.25, 0.3) is 0 Å². The van der Waals surface area contributed by atoms with Gasteiger partial charge in [0.1, 0.15) is 5.75 Å². The van der Waals surface area contributed by atoms with Gasteiger partial charge in [-0.05, 0) is 85.4 Å². The van der Waals surface area contributed by atoms with Crippen molar-refractivity contribution in [3.05, 3.63) is 70.3 Å². The van der Waals surface area contributed by atoms with E-state index >= 15 is 0 Å². The predicted molar refractivity (Wildman–Crippen MR) is 168 cm³/mol. The van der Waals surface area contributed by atoms with Crippen LogP contribution in [-0.2, 0) is 31.1 Å². The van der Waals surface area contributed by atoms with Gasteiger partial charge in [0.2, 0.25) is 11.8 Å². The van der Waals surface area contributed by atoms with E-state index < -0.39 is 21.5 Å². The van der Waals surface area contributed by atoms with E-state index in [0.717, 1.165) is 68.1 Å². The third kappa shape index (κ3) is 6.75. The number of fused-ring (bicyclic) bond motifs is 3. The van der Waals surface area contributed by atoms with Crippen LogP contribution in [0.4, 0.5) is 5.69 Å². The average Bonchev–Trinajstić information content (AvgIpc) is 3.06. The minimum atomic E-state index is -2.81. The zero-order chi connectivity index (χ0) is 29.2. The van der Waals surface area contributed by atoms with Crippen molar-refractivity contribution in [2.75, 3.05) is 44.4 Å². The van der Waals surface area contributed by atoms with Crippen LogP contribution < -0.4 is 14.4 Å². The van der Waals surface area contributed by atoms with Crippen LogP contribution in [0.5, 0.6) is 5.75 Å². The lowest BCUT2D eigenvalue weighted by atomic mass is 9.70. The van der Waals surface area contributed by atoms with E-state index in [4.69, 9.17) is 16.3 Å². The minimum Gasteiger partial charge on any atom is -0.490 e. The topological polar surface area (TPSA) is 79.0 Å². The molecule has 2 aliphatic heterocycles. The zero-order valence-corrected chi connectivity index (χ0v) is 25.6. The third-order valence-corrected chi connectivity index (χ3v) is 9.36. The molecule has 9 heteroatoms. The SMILES string of the molecule is C=S(C)(=O)NC(=O)C1CC(=O)N(C)C/C=C/CCCCN2C[C@@]3(CCCc4cc(Cl)ccc43)COc3ccc1cc32. The summed E-state index contributed by atoms with van der Waals surface area (Å²) in [5.74, 6) is 2.93. The highest BCUT2D eigenvalue weighted by Crippen LogP contribution is 2.45. The summed E-state index contributed by atoms with van der Waals surface area (Å²) in [7, 11) is -1.07. The Morgan fingerprint density at radius 2 is 2.00 bits per heavy atom. The van der Waals surface area contributed by atoms with Gasteiger partial charge in [0.15, 0.2) is 0 Å². The molecule has 2 amide bonds. The number of rotatable bonds is 2. The molecule has 2 unspecified atom stereocenters. The van der Waals surface area contributed by atoms with Crippen molar-refractivity contribution in [1.82, 2.24) is 9.62 Å². The molecule has 2 heterocycles. The second-order valence-electron chi connectivity index (χ2n) is 11.8. The lowest BCUT2D eigenvalue weighted by molar-refractivity contribution is -0.132. The molecule has 1 N–H and O–H groups in total. The molecule has 0 saturated carbocycles. The van der Waals surface area contributed by atoms with Crippen LogP contribution in [0.3, 0.4) is 0 Å². The Balaban J connectivity index is 1.57. The van der Waals surface area contributed by atoms with E-state index in [-0.39, 0.29) is 17.7 Å². The number of likely N-dealkylation sites (N-methyl/N-ethyl adjacent to an activating group) is 1. The average molecular weight is 598 g/mol. The highest BCUT2D eigenvalue weighted by molar-refractivity contribution is 7.98. The van der Waals surface area contributed by atoms with Gasteiger partial charge in [-0.3, -0.25) is 14.3 Å². The summed E-state index contributed by atoms with van der Waals surface area (Å²) in [5, 5.41) is 0.758. The fourth-order valence-electron chi connectivity index (χ4n) is 6.38. The van der Waals surface area contributed by atoms with Gasteiger partial charge in [-0.1, -0.05) is 35.9 Å². The molecule has 41 heavy (non-hydrogen) atoms. The molecule has 1 spiro atoms. The molecule has 0 fully saturated rings. The summed E-state index contributed by atoms with van der Waals surface area (Å²) in [6.45, 7) is 2.66. The first-order valence-electron chi connectivity index (χ1n) is 14.4. The van der Waals surface area contributed by atoms with Gasteiger partial charge < -0.3 is 14.5 Å². The van der Waals surface area contributed by atoms with E-state index in [1.165, 1.54) is 17.4 Å². The molecule has 5 rings (SSSR count). The molecule has 2 bridgehead atoms. The first-order valence-corrected chi connectivity index (χ1v) is 16.9. The Kier molecular flexibility index (Phi) is 8.71. The lowest BCUT2D eigenvalue weighted by Crippen LogP contribution is -2.46. The lowest BCUT2D eigenvalue weighted by Gasteiger charge is -2.41. The minimum absolute atomic E-state index is 0.0383. The number of halogens is 1. The Hall–Kier alpha value is -2.97. The Morgan fingerprint density at radius 3 is 2.80 bits per heavy atom. The van der Waals surface area contributed by atoms with E-state index in [2.05, 4.69) is 33.7 Å². The number of hydrogen-bond donors (Lipinski definition) is 1. The number of benzene rings is 2. The standard InChI is InChI=1S/C32H40ClN3O4S/c1-35-16-7-5-4-6-8-17-36-21-32(15-9-10-24-18-25(33)12-13-27(24)32)22-40-29-14-11-23(19-28(29)36)26(20-30(35)37)31(38)34-41(2,3)39/h5,7,11-14,18-19,26H,2,4,6,8-10,15-17,20-22H2,1,3H3,(H,34,38,39)/b7-5+/t26?,32-,41?/m0/s1. The molecule has 7 nitrogen and oxygen atoms in total. The first kappa shape index (κ1) is 29.5. The number of nitrogens with one attached hydrogen (secondary N) is 1. The number of anilines is 1. The quantitative estimate of drug-likeness (QED) is 0.395. The molecule has 3 atom stereocenters. The molecule has 3 aliphatic rings. The maximum absolute atomic E-state index is 13.4. The summed E-state index contributed by atoms with van der Waals surface area (Å²) in [6, 6.07) is 12.0. The number of aryl methyl sites for hydroxylation is 1. The molecule has 2 aromatic carbocycles. The highest BCUT2D eigenvalue weighted by atomic mass is 35.5. The van der Waals surface area contributed by atoms with E-state index in [1.807, 2.05) is 30.3 Å². The normalized spacial score (nSPS) is 25.5. The Morgan fingerprint density at radius 1 is 1.17 bits per heavy atom. The van der Waals surface area contributed by atoms with Crippen LogP contribution in [0.2, 0.25) is 5.02 Å². The van der Waals surface area contributed by atoms with Crippen molar-refractivity contribution < 1.29 is 18.5 Å². The predicted octanol–water partition coefficient (Wildman–Crippen LogP) is 4.86. The first-order chi connectivity index (χ1) is 19.5. The van der Waals surface area contributed by atoms with Crippen molar-refractivity contribution >= 4 is 44.7 Å². The Bertz CT molecular complexity index is 1460. The van der Waals surface area contributed by atoms with Gasteiger partial charge in [0.05, 0.1) is 18.2 Å². The summed E-state index contributed by atoms with van der Waals surface area (Å²) < 4.78 is 21.5. The zero-order valence-electron chi connectivity index (χ0n) is 24.0. The molecular formula is C32H40ClN3O4S. The number of carbonyl (C=O) groups is 2. The van der Waals surface area contributed by atoms with Crippen molar-refractivity contribution in [1.29, 1.82) is 0 Å². The summed E-state index contributed by atoms with van der Waals surface area (Å²) in [6.07, 6.45) is 11.5. The fourth-order valence-corrected chi connectivity index (χ4v) is 7.14. The van der Waals surface area contributed by atoms with Gasteiger partial charge >= 0.3 is 0 Å². The molecule has 0 radical (unpaired) electrons. The van der Waals surface area contributed by atoms with Crippen LogP contribution in [-0.4, -0.2) is 66.3 Å². The maximum atomic E-state index is 13.4. The van der Waals surface area contributed by atoms with Gasteiger partial charge in [-0.25, -0.2) is 4.21 Å². The summed E-state index contributed by atoms with van der Waals surface area (Å²) in [5.41, 5.74) is 4.03. The maximum Gasteiger partial charge on any atom is 0.239 e. The third-order valence-electron chi connectivity index (χ3n) is 8.50. The molecule has 2 aromatic rings. The number of amides is 2. The molecule has 0 aromatic heterocycles. The van der Waals surface area contributed by atoms with E-state index in [1.54, 1.807) is 11.9 Å². The van der Waals surface area contributed by atoms with Gasteiger partial charge in [-0.2, -0.15) is 0 Å². The van der Waals surface area contributed by atoms with E-state index in [9.17, 15) is 13.8 Å². The molecule has 220 valence electrons. The largest absolute Gasteiger partial charge is 0.490 e. The van der Waals surface area contributed by atoms with Crippen molar-refractivity contribution in [3.8, 4) is 5.75 Å². The molecular weight excluding hydrogens is 558 g/mol. The second kappa shape index (κ2) is 12.1. The van der Waals surface area contributed by atoms with Crippen LogP contribution in [0.15, 0.2) is 48.6 Å². The number of carbonyl (C=O) groups excluding carboxylic acids is 2. The smallest absolute Gasteiger partial charge is 0.239 e. The number of nitrogens with zero attached hydrogens (tertiary/aromatic N) is 2. The van der Waals surface area contributed by atoms with Crippen molar-refractivity contribution in [3.63, 3.8) is 0 Å². The highest BCUT2D eigenvalue weighted by Gasteiger charge is 2.42.